The standard InChI is InChI=1S/C14H11FN2O2/c1-8-5-6-11(18-8)13-12(14(16)17-19-13)9-3-2-4-10(15)7-9/h2-7H,1H3,(H2,16,17). The molecule has 0 unspecified atom stereocenters. The number of anilines is 1. The maximum Gasteiger partial charge on any atom is 0.212 e. The van der Waals surface area contributed by atoms with Crippen molar-refractivity contribution in [2.45, 2.75) is 6.92 Å². The molecule has 0 fully saturated rings. The Kier molecular flexibility index (Phi) is 2.59. The zero-order valence-corrected chi connectivity index (χ0v) is 10.2. The van der Waals surface area contributed by atoms with E-state index in [0.29, 0.717) is 22.6 Å². The third kappa shape index (κ3) is 1.99. The van der Waals surface area contributed by atoms with Gasteiger partial charge in [0.25, 0.3) is 0 Å². The number of rotatable bonds is 2. The van der Waals surface area contributed by atoms with Gasteiger partial charge >= 0.3 is 0 Å². The SMILES string of the molecule is Cc1ccc(-c2onc(N)c2-c2cccc(F)c2)o1. The van der Waals surface area contributed by atoms with Gasteiger partial charge in [0.1, 0.15) is 11.6 Å². The number of benzene rings is 1. The van der Waals surface area contributed by atoms with E-state index in [0.717, 1.165) is 5.76 Å². The first-order valence-corrected chi connectivity index (χ1v) is 5.73. The number of nitrogens with two attached hydrogens (primary N) is 1. The summed E-state index contributed by atoms with van der Waals surface area (Å²) in [5.41, 5.74) is 6.93. The average molecular weight is 258 g/mol. The summed E-state index contributed by atoms with van der Waals surface area (Å²) in [4.78, 5) is 0. The summed E-state index contributed by atoms with van der Waals surface area (Å²) in [7, 11) is 0. The van der Waals surface area contributed by atoms with Crippen LogP contribution in [0, 0.1) is 12.7 Å². The molecule has 2 heterocycles. The fraction of sp³-hybridized carbons (Fsp3) is 0.0714. The van der Waals surface area contributed by atoms with Gasteiger partial charge in [-0.15, -0.1) is 0 Å². The van der Waals surface area contributed by atoms with Crippen LogP contribution < -0.4 is 5.73 Å². The number of furan rings is 1. The molecule has 0 aliphatic carbocycles. The average Bonchev–Trinajstić information content (AvgIpc) is 2.95. The molecule has 0 spiro atoms. The largest absolute Gasteiger partial charge is 0.458 e. The van der Waals surface area contributed by atoms with Crippen LogP contribution >= 0.6 is 0 Å². The van der Waals surface area contributed by atoms with Crippen LogP contribution in [0.3, 0.4) is 0 Å². The number of aromatic nitrogens is 1. The highest BCUT2D eigenvalue weighted by molar-refractivity contribution is 5.85. The molecule has 0 bridgehead atoms. The second-order valence-electron chi connectivity index (χ2n) is 4.19. The molecule has 4 nitrogen and oxygen atoms in total. The molecule has 0 saturated heterocycles. The van der Waals surface area contributed by atoms with Crippen LogP contribution in [0.15, 0.2) is 45.3 Å². The highest BCUT2D eigenvalue weighted by Crippen LogP contribution is 2.37. The summed E-state index contributed by atoms with van der Waals surface area (Å²) in [6, 6.07) is 9.66. The lowest BCUT2D eigenvalue weighted by Crippen LogP contribution is -1.89. The van der Waals surface area contributed by atoms with E-state index in [1.165, 1.54) is 12.1 Å². The molecule has 3 aromatic rings. The summed E-state index contributed by atoms with van der Waals surface area (Å²) in [5, 5.41) is 3.73. The molecule has 5 heteroatoms. The van der Waals surface area contributed by atoms with E-state index in [-0.39, 0.29) is 11.6 Å². The van der Waals surface area contributed by atoms with E-state index >= 15 is 0 Å². The van der Waals surface area contributed by atoms with Crippen LogP contribution in [0.1, 0.15) is 5.76 Å². The molecule has 0 amide bonds. The number of halogens is 1. The molecule has 0 saturated carbocycles. The van der Waals surface area contributed by atoms with Crippen LogP contribution in [0.5, 0.6) is 0 Å². The van der Waals surface area contributed by atoms with E-state index in [4.69, 9.17) is 14.7 Å². The predicted molar refractivity (Wildman–Crippen MR) is 68.7 cm³/mol. The van der Waals surface area contributed by atoms with Gasteiger partial charge in [-0.2, -0.15) is 0 Å². The van der Waals surface area contributed by atoms with Crippen LogP contribution in [-0.4, -0.2) is 5.16 Å². The zero-order valence-electron chi connectivity index (χ0n) is 10.2. The topological polar surface area (TPSA) is 65.2 Å². The zero-order chi connectivity index (χ0) is 13.4. The molecule has 19 heavy (non-hydrogen) atoms. The lowest BCUT2D eigenvalue weighted by molar-refractivity contribution is 0.418. The summed E-state index contributed by atoms with van der Waals surface area (Å²) in [6.45, 7) is 1.82. The van der Waals surface area contributed by atoms with Gasteiger partial charge in [0, 0.05) is 0 Å². The van der Waals surface area contributed by atoms with Gasteiger partial charge in [0.2, 0.25) is 5.76 Å². The molecule has 96 valence electrons. The Balaban J connectivity index is 2.19. The minimum atomic E-state index is -0.348. The second-order valence-corrected chi connectivity index (χ2v) is 4.19. The first-order chi connectivity index (χ1) is 9.15. The quantitative estimate of drug-likeness (QED) is 0.762. The number of nitrogens with zero attached hydrogens (tertiary/aromatic N) is 1. The van der Waals surface area contributed by atoms with Crippen molar-refractivity contribution in [2.75, 3.05) is 5.73 Å². The molecule has 2 aromatic heterocycles. The lowest BCUT2D eigenvalue weighted by Gasteiger charge is -2.01. The van der Waals surface area contributed by atoms with Crippen LogP contribution in [0.25, 0.3) is 22.6 Å². The number of hydrogen-bond donors (Lipinski definition) is 1. The number of nitrogen functional groups attached to an aromatic ring is 1. The highest BCUT2D eigenvalue weighted by atomic mass is 19.1. The van der Waals surface area contributed by atoms with Gasteiger partial charge < -0.3 is 14.7 Å². The Morgan fingerprint density at radius 1 is 1.21 bits per heavy atom. The van der Waals surface area contributed by atoms with Crippen molar-refractivity contribution >= 4 is 5.82 Å². The summed E-state index contributed by atoms with van der Waals surface area (Å²) in [6.07, 6.45) is 0. The molecule has 0 atom stereocenters. The third-order valence-electron chi connectivity index (χ3n) is 2.80. The number of hydrogen-bond acceptors (Lipinski definition) is 4. The molecule has 0 aliphatic heterocycles. The molecule has 1 aromatic carbocycles. The smallest absolute Gasteiger partial charge is 0.212 e. The van der Waals surface area contributed by atoms with Crippen molar-refractivity contribution in [1.82, 2.24) is 5.16 Å². The Hall–Kier alpha value is -2.56. The van der Waals surface area contributed by atoms with Crippen molar-refractivity contribution in [3.8, 4) is 22.6 Å². The van der Waals surface area contributed by atoms with E-state index in [9.17, 15) is 4.39 Å². The van der Waals surface area contributed by atoms with Crippen LogP contribution in [0.2, 0.25) is 0 Å². The Morgan fingerprint density at radius 2 is 2.05 bits per heavy atom. The van der Waals surface area contributed by atoms with Gasteiger partial charge in [-0.25, -0.2) is 4.39 Å². The first-order valence-electron chi connectivity index (χ1n) is 5.73. The number of aryl methyl sites for hydroxylation is 1. The van der Waals surface area contributed by atoms with Crippen molar-refractivity contribution in [1.29, 1.82) is 0 Å². The van der Waals surface area contributed by atoms with Crippen molar-refractivity contribution in [3.63, 3.8) is 0 Å². The van der Waals surface area contributed by atoms with Crippen molar-refractivity contribution < 1.29 is 13.3 Å². The minimum absolute atomic E-state index is 0.203. The third-order valence-corrected chi connectivity index (χ3v) is 2.80. The van der Waals surface area contributed by atoms with Gasteiger partial charge in [-0.05, 0) is 36.8 Å². The van der Waals surface area contributed by atoms with Gasteiger partial charge in [-0.1, -0.05) is 17.3 Å². The van der Waals surface area contributed by atoms with Crippen molar-refractivity contribution in [2.24, 2.45) is 0 Å². The minimum Gasteiger partial charge on any atom is -0.458 e. The molecule has 0 aliphatic rings. The fourth-order valence-electron chi connectivity index (χ4n) is 1.95. The summed E-state index contributed by atoms with van der Waals surface area (Å²) >= 11 is 0. The maximum absolute atomic E-state index is 13.3. The Labute approximate surface area is 108 Å². The normalized spacial score (nSPS) is 10.8. The van der Waals surface area contributed by atoms with Gasteiger partial charge in [0.05, 0.1) is 5.56 Å². The highest BCUT2D eigenvalue weighted by Gasteiger charge is 2.20. The van der Waals surface area contributed by atoms with Gasteiger partial charge in [-0.3, -0.25) is 0 Å². The van der Waals surface area contributed by atoms with Crippen molar-refractivity contribution in [3.05, 3.63) is 48.0 Å². The first kappa shape index (κ1) is 11.5. The molecule has 2 N–H and O–H groups in total. The second kappa shape index (κ2) is 4.28. The Bertz CT molecular complexity index is 731. The molecule has 0 radical (unpaired) electrons. The van der Waals surface area contributed by atoms with E-state index in [2.05, 4.69) is 5.16 Å². The molecule has 3 rings (SSSR count). The predicted octanol–water partition coefficient (Wildman–Crippen LogP) is 3.63. The lowest BCUT2D eigenvalue weighted by atomic mass is 10.0. The van der Waals surface area contributed by atoms with Crippen LogP contribution in [-0.2, 0) is 0 Å². The van der Waals surface area contributed by atoms with E-state index in [1.807, 2.05) is 13.0 Å². The maximum atomic E-state index is 13.3. The van der Waals surface area contributed by atoms with Gasteiger partial charge in [0.15, 0.2) is 11.6 Å². The monoisotopic (exact) mass is 258 g/mol. The molecular formula is C14H11FN2O2. The summed E-state index contributed by atoms with van der Waals surface area (Å²) < 4.78 is 24.0. The van der Waals surface area contributed by atoms with E-state index < -0.39 is 0 Å². The summed E-state index contributed by atoms with van der Waals surface area (Å²) in [5.74, 6) is 1.52. The Morgan fingerprint density at radius 3 is 2.74 bits per heavy atom. The fourth-order valence-corrected chi connectivity index (χ4v) is 1.95. The van der Waals surface area contributed by atoms with Crippen LogP contribution in [0.4, 0.5) is 10.2 Å². The van der Waals surface area contributed by atoms with E-state index in [1.54, 1.807) is 18.2 Å². The molecular weight excluding hydrogens is 247 g/mol.